The Labute approximate surface area is 210 Å². The first-order valence-corrected chi connectivity index (χ1v) is 12.9. The maximum absolute atomic E-state index is 14.4. The fourth-order valence-electron chi connectivity index (χ4n) is 5.93. The zero-order valence-electron chi connectivity index (χ0n) is 20.6. The molecule has 0 unspecified atom stereocenters. The molecule has 8 heteroatoms. The highest BCUT2D eigenvalue weighted by Gasteiger charge is 2.48. The van der Waals surface area contributed by atoms with Crippen molar-refractivity contribution in [3.8, 4) is 0 Å². The number of likely N-dealkylation sites (tertiary alicyclic amines) is 1. The van der Waals surface area contributed by atoms with Gasteiger partial charge in [0.25, 0.3) is 11.8 Å². The minimum Gasteiger partial charge on any atom is -0.450 e. The normalized spacial score (nSPS) is 22.0. The molecule has 1 aliphatic carbocycles. The number of ether oxygens (including phenoxy) is 1. The van der Waals surface area contributed by atoms with Gasteiger partial charge in [-0.1, -0.05) is 43.5 Å². The van der Waals surface area contributed by atoms with E-state index in [4.69, 9.17) is 4.74 Å². The number of nitrogens with zero attached hydrogens (tertiary/aromatic N) is 3. The molecule has 190 valence electrons. The Kier molecular flexibility index (Phi) is 6.94. The molecule has 2 aliphatic heterocycles. The SMILES string of the molecule is CCOC(=O)N1CCC[C@@H]1C(=O)N(c1cccc(F)c1)[C@@H]1C(=O)N(C2CCCCC2)c2ccccc21. The molecule has 2 fully saturated rings. The average molecular weight is 494 g/mol. The molecule has 2 aromatic rings. The Morgan fingerprint density at radius 3 is 2.56 bits per heavy atom. The fraction of sp³-hybridized carbons (Fsp3) is 0.464. The molecule has 0 radical (unpaired) electrons. The number of carbonyl (C=O) groups excluding carboxylic acids is 3. The second kappa shape index (κ2) is 10.3. The number of fused-ring (bicyclic) bond motifs is 1. The van der Waals surface area contributed by atoms with Gasteiger partial charge < -0.3 is 9.64 Å². The second-order valence-corrected chi connectivity index (χ2v) is 9.70. The van der Waals surface area contributed by atoms with E-state index in [0.717, 1.165) is 43.4 Å². The van der Waals surface area contributed by atoms with Gasteiger partial charge in [0.15, 0.2) is 0 Å². The summed E-state index contributed by atoms with van der Waals surface area (Å²) in [7, 11) is 0. The Balaban J connectivity index is 1.58. The zero-order valence-corrected chi connectivity index (χ0v) is 20.6. The molecule has 0 N–H and O–H groups in total. The van der Waals surface area contributed by atoms with Crippen LogP contribution in [0.2, 0.25) is 0 Å². The smallest absolute Gasteiger partial charge is 0.410 e. The topological polar surface area (TPSA) is 70.2 Å². The lowest BCUT2D eigenvalue weighted by Gasteiger charge is -2.35. The maximum atomic E-state index is 14.4. The lowest BCUT2D eigenvalue weighted by Crippen LogP contribution is -2.52. The van der Waals surface area contributed by atoms with Crippen LogP contribution >= 0.6 is 0 Å². The van der Waals surface area contributed by atoms with Crippen molar-refractivity contribution < 1.29 is 23.5 Å². The molecular formula is C28H32FN3O4. The van der Waals surface area contributed by atoms with Gasteiger partial charge in [0.2, 0.25) is 0 Å². The van der Waals surface area contributed by atoms with Crippen molar-refractivity contribution in [1.82, 2.24) is 4.90 Å². The van der Waals surface area contributed by atoms with Crippen LogP contribution in [0.25, 0.3) is 0 Å². The van der Waals surface area contributed by atoms with E-state index in [1.165, 1.54) is 28.0 Å². The quantitative estimate of drug-likeness (QED) is 0.574. The third-order valence-electron chi connectivity index (χ3n) is 7.52. The number of para-hydroxylation sites is 1. The molecule has 2 aromatic carbocycles. The van der Waals surface area contributed by atoms with Crippen LogP contribution in [0.3, 0.4) is 0 Å². The number of benzene rings is 2. The zero-order chi connectivity index (χ0) is 25.2. The van der Waals surface area contributed by atoms with Crippen molar-refractivity contribution in [2.45, 2.75) is 70.0 Å². The van der Waals surface area contributed by atoms with E-state index in [0.29, 0.717) is 25.1 Å². The van der Waals surface area contributed by atoms with Crippen LogP contribution in [0, 0.1) is 5.82 Å². The van der Waals surface area contributed by atoms with Gasteiger partial charge >= 0.3 is 6.09 Å². The summed E-state index contributed by atoms with van der Waals surface area (Å²) >= 11 is 0. The molecule has 3 amide bonds. The van der Waals surface area contributed by atoms with Crippen LogP contribution in [0.5, 0.6) is 0 Å². The summed E-state index contributed by atoms with van der Waals surface area (Å²) in [6, 6.07) is 11.7. The van der Waals surface area contributed by atoms with E-state index in [2.05, 4.69) is 0 Å². The molecule has 7 nitrogen and oxygen atoms in total. The molecule has 1 saturated heterocycles. The highest BCUT2D eigenvalue weighted by molar-refractivity contribution is 6.13. The van der Waals surface area contributed by atoms with Crippen LogP contribution in [0.15, 0.2) is 48.5 Å². The second-order valence-electron chi connectivity index (χ2n) is 9.70. The average Bonchev–Trinajstić information content (AvgIpc) is 3.48. The summed E-state index contributed by atoms with van der Waals surface area (Å²) in [5, 5.41) is 0. The third-order valence-corrected chi connectivity index (χ3v) is 7.52. The number of hydrogen-bond donors (Lipinski definition) is 0. The van der Waals surface area contributed by atoms with Crippen molar-refractivity contribution in [3.63, 3.8) is 0 Å². The monoisotopic (exact) mass is 493 g/mol. The van der Waals surface area contributed by atoms with Crippen molar-refractivity contribution in [2.24, 2.45) is 0 Å². The Morgan fingerprint density at radius 1 is 1.03 bits per heavy atom. The molecule has 2 atom stereocenters. The van der Waals surface area contributed by atoms with Crippen LogP contribution in [-0.2, 0) is 14.3 Å². The third kappa shape index (κ3) is 4.33. The Hall–Kier alpha value is -3.42. The van der Waals surface area contributed by atoms with Gasteiger partial charge in [-0.25, -0.2) is 9.18 Å². The van der Waals surface area contributed by atoms with Gasteiger partial charge in [-0.05, 0) is 56.9 Å². The molecule has 0 spiro atoms. The van der Waals surface area contributed by atoms with Gasteiger partial charge in [0, 0.05) is 29.5 Å². The predicted molar refractivity (Wildman–Crippen MR) is 134 cm³/mol. The van der Waals surface area contributed by atoms with Crippen molar-refractivity contribution in [2.75, 3.05) is 23.0 Å². The molecule has 3 aliphatic rings. The van der Waals surface area contributed by atoms with Crippen molar-refractivity contribution in [3.05, 3.63) is 59.9 Å². The highest BCUT2D eigenvalue weighted by atomic mass is 19.1. The first-order chi connectivity index (χ1) is 17.5. The first-order valence-electron chi connectivity index (χ1n) is 12.9. The molecule has 5 rings (SSSR count). The van der Waals surface area contributed by atoms with E-state index < -0.39 is 29.9 Å². The van der Waals surface area contributed by atoms with Gasteiger partial charge in [-0.2, -0.15) is 0 Å². The van der Waals surface area contributed by atoms with E-state index in [1.807, 2.05) is 29.2 Å². The number of halogens is 1. The van der Waals surface area contributed by atoms with Gasteiger partial charge in [-0.3, -0.25) is 19.4 Å². The Bertz CT molecular complexity index is 1150. The number of anilines is 2. The number of amides is 3. The number of rotatable bonds is 5. The standard InChI is InChI=1S/C28H32FN3O4/c1-2-36-28(35)30-17-9-16-24(30)26(33)32(21-13-8-10-19(29)18-21)25-22-14-6-7-15-23(22)31(27(25)34)20-11-4-3-5-12-20/h6-8,10,13-15,18,20,24-25H,2-5,9,11-12,16-17H2,1H3/t24-,25+/m1/s1. The first kappa shape index (κ1) is 24.3. The molecular weight excluding hydrogens is 461 g/mol. The number of hydrogen-bond acceptors (Lipinski definition) is 4. The molecule has 0 aromatic heterocycles. The summed E-state index contributed by atoms with van der Waals surface area (Å²) in [6.45, 7) is 2.32. The van der Waals surface area contributed by atoms with E-state index in [-0.39, 0.29) is 18.6 Å². The Morgan fingerprint density at radius 2 is 1.81 bits per heavy atom. The van der Waals surface area contributed by atoms with Crippen LogP contribution in [0.4, 0.5) is 20.6 Å². The lowest BCUT2D eigenvalue weighted by atomic mass is 9.94. The predicted octanol–water partition coefficient (Wildman–Crippen LogP) is 5.20. The molecule has 1 saturated carbocycles. The molecule has 36 heavy (non-hydrogen) atoms. The fourth-order valence-corrected chi connectivity index (χ4v) is 5.93. The summed E-state index contributed by atoms with van der Waals surface area (Å²) in [5.74, 6) is -1.08. The van der Waals surface area contributed by atoms with Gasteiger partial charge in [0.05, 0.1) is 6.61 Å². The van der Waals surface area contributed by atoms with Crippen molar-refractivity contribution >= 4 is 29.3 Å². The van der Waals surface area contributed by atoms with Crippen LogP contribution in [0.1, 0.15) is 63.5 Å². The highest BCUT2D eigenvalue weighted by Crippen LogP contribution is 2.45. The summed E-state index contributed by atoms with van der Waals surface area (Å²) < 4.78 is 19.6. The maximum Gasteiger partial charge on any atom is 0.410 e. The molecule has 2 heterocycles. The van der Waals surface area contributed by atoms with Gasteiger partial charge in [-0.15, -0.1) is 0 Å². The van der Waals surface area contributed by atoms with Crippen LogP contribution < -0.4 is 9.80 Å². The van der Waals surface area contributed by atoms with E-state index >= 15 is 0 Å². The summed E-state index contributed by atoms with van der Waals surface area (Å²) in [4.78, 5) is 45.6. The van der Waals surface area contributed by atoms with E-state index in [1.54, 1.807) is 13.0 Å². The minimum atomic E-state index is -0.929. The lowest BCUT2D eigenvalue weighted by molar-refractivity contribution is -0.127. The summed E-state index contributed by atoms with van der Waals surface area (Å²) in [6.07, 6.45) is 5.67. The van der Waals surface area contributed by atoms with Crippen LogP contribution in [-0.4, -0.2) is 48.0 Å². The largest absolute Gasteiger partial charge is 0.450 e. The van der Waals surface area contributed by atoms with E-state index in [9.17, 15) is 18.8 Å². The van der Waals surface area contributed by atoms with Crippen molar-refractivity contribution in [1.29, 1.82) is 0 Å². The summed E-state index contributed by atoms with van der Waals surface area (Å²) in [5.41, 5.74) is 1.84. The minimum absolute atomic E-state index is 0.0735. The molecule has 0 bridgehead atoms. The van der Waals surface area contributed by atoms with Gasteiger partial charge in [0.1, 0.15) is 17.9 Å². The number of carbonyl (C=O) groups is 3.